The van der Waals surface area contributed by atoms with Gasteiger partial charge in [-0.15, -0.1) is 0 Å². The van der Waals surface area contributed by atoms with E-state index in [1.54, 1.807) is 16.5 Å². The number of hydrogen-bond acceptors (Lipinski definition) is 5. The van der Waals surface area contributed by atoms with Gasteiger partial charge in [0.2, 0.25) is 11.1 Å². The van der Waals surface area contributed by atoms with Crippen molar-refractivity contribution in [1.29, 1.82) is 0 Å². The molecule has 178 valence electrons. The molecule has 0 saturated carbocycles. The van der Waals surface area contributed by atoms with Gasteiger partial charge in [-0.3, -0.25) is 14.6 Å². The second-order valence-electron chi connectivity index (χ2n) is 8.62. The number of anilines is 1. The molecule has 0 unspecified atom stereocenters. The Morgan fingerprint density at radius 2 is 1.91 bits per heavy atom. The molecule has 0 bridgehead atoms. The first kappa shape index (κ1) is 24.0. The first-order chi connectivity index (χ1) is 16.4. The van der Waals surface area contributed by atoms with E-state index in [0.717, 1.165) is 36.3 Å². The molecule has 1 aliphatic rings. The molecule has 0 fully saturated rings. The minimum atomic E-state index is -0.590. The number of ether oxygens (including phenoxy) is 1. The molecule has 0 aliphatic carbocycles. The maximum absolute atomic E-state index is 13.3. The van der Waals surface area contributed by atoms with E-state index in [1.165, 1.54) is 11.8 Å². The summed E-state index contributed by atoms with van der Waals surface area (Å²) in [5, 5.41) is 5.38. The molecule has 2 aromatic carbocycles. The number of aromatic nitrogens is 3. The van der Waals surface area contributed by atoms with Crippen molar-refractivity contribution in [1.82, 2.24) is 10.1 Å². The standard InChI is InChI=1S/C26H30N4O3S/c1-5-6-9-16-34-26-27-24(32)23-21-10-7-8-11-22(21)29(18(4)31)25(30(23)28-26)19-12-14-20(15-13-19)33-17(2)3/h7-8,10-15,17,25H,5-6,9,16H2,1-4H3/p+1/t25-/m0/s1. The van der Waals surface area contributed by atoms with Crippen LogP contribution in [0.25, 0.3) is 11.3 Å². The largest absolute Gasteiger partial charge is 0.491 e. The van der Waals surface area contributed by atoms with Crippen molar-refractivity contribution in [2.24, 2.45) is 0 Å². The van der Waals surface area contributed by atoms with Gasteiger partial charge in [0, 0.05) is 23.3 Å². The van der Waals surface area contributed by atoms with Gasteiger partial charge < -0.3 is 4.74 Å². The predicted octanol–water partition coefficient (Wildman–Crippen LogP) is 4.71. The van der Waals surface area contributed by atoms with Crippen LogP contribution in [-0.2, 0) is 4.79 Å². The van der Waals surface area contributed by atoms with Gasteiger partial charge >= 0.3 is 11.3 Å². The Balaban J connectivity index is 1.85. The number of nitrogens with zero attached hydrogens (tertiary/aromatic N) is 3. The van der Waals surface area contributed by atoms with Gasteiger partial charge in [0.05, 0.1) is 17.4 Å². The number of fused-ring (bicyclic) bond motifs is 3. The van der Waals surface area contributed by atoms with Crippen LogP contribution in [0, 0.1) is 0 Å². The molecule has 2 heterocycles. The number of amides is 1. The monoisotopic (exact) mass is 479 g/mol. The average Bonchev–Trinajstić information content (AvgIpc) is 2.81. The second-order valence-corrected chi connectivity index (χ2v) is 9.71. The number of hydrogen-bond donors (Lipinski definition) is 1. The lowest BCUT2D eigenvalue weighted by molar-refractivity contribution is -0.763. The van der Waals surface area contributed by atoms with Gasteiger partial charge in [-0.2, -0.15) is 0 Å². The van der Waals surface area contributed by atoms with Gasteiger partial charge in [-0.1, -0.05) is 43.7 Å². The third-order valence-electron chi connectivity index (χ3n) is 5.63. The highest BCUT2D eigenvalue weighted by molar-refractivity contribution is 7.99. The number of aromatic amines is 1. The van der Waals surface area contributed by atoms with Gasteiger partial charge in [0.1, 0.15) is 5.75 Å². The molecule has 4 rings (SSSR count). The Morgan fingerprint density at radius 1 is 1.18 bits per heavy atom. The maximum Gasteiger partial charge on any atom is 0.325 e. The van der Waals surface area contributed by atoms with Gasteiger partial charge in [0.25, 0.3) is 6.17 Å². The van der Waals surface area contributed by atoms with E-state index < -0.39 is 6.17 Å². The number of benzene rings is 2. The minimum absolute atomic E-state index is 0.0590. The second kappa shape index (κ2) is 10.4. The Morgan fingerprint density at radius 3 is 2.59 bits per heavy atom. The van der Waals surface area contributed by atoms with Crippen LogP contribution in [0.1, 0.15) is 58.7 Å². The minimum Gasteiger partial charge on any atom is -0.491 e. The fourth-order valence-electron chi connectivity index (χ4n) is 4.19. The normalized spacial score (nSPS) is 14.6. The first-order valence-corrected chi connectivity index (χ1v) is 12.7. The van der Waals surface area contributed by atoms with E-state index in [4.69, 9.17) is 9.84 Å². The highest BCUT2D eigenvalue weighted by atomic mass is 32.2. The molecule has 0 radical (unpaired) electrons. The zero-order chi connectivity index (χ0) is 24.2. The highest BCUT2D eigenvalue weighted by Gasteiger charge is 2.44. The number of para-hydroxylation sites is 1. The molecular formula is C26H31N4O3S+. The van der Waals surface area contributed by atoms with Crippen LogP contribution in [0.15, 0.2) is 58.5 Å². The van der Waals surface area contributed by atoms with Crippen molar-refractivity contribution < 1.29 is 14.2 Å². The molecular weight excluding hydrogens is 448 g/mol. The molecule has 8 heteroatoms. The first-order valence-electron chi connectivity index (χ1n) is 11.8. The molecule has 1 amide bonds. The van der Waals surface area contributed by atoms with Crippen LogP contribution in [-0.4, -0.2) is 27.8 Å². The number of carbonyl (C=O) groups excluding carboxylic acids is 1. The molecule has 1 atom stereocenters. The third-order valence-corrected chi connectivity index (χ3v) is 6.58. The van der Waals surface area contributed by atoms with Crippen LogP contribution in [0.4, 0.5) is 5.69 Å². The van der Waals surface area contributed by atoms with E-state index in [0.29, 0.717) is 22.1 Å². The lowest BCUT2D eigenvalue weighted by atomic mass is 10.0. The topological polar surface area (TPSA) is 79.2 Å². The summed E-state index contributed by atoms with van der Waals surface area (Å²) in [5.41, 5.74) is 2.45. The third kappa shape index (κ3) is 4.87. The Kier molecular flexibility index (Phi) is 7.36. The lowest BCUT2D eigenvalue weighted by Crippen LogP contribution is -2.60. The van der Waals surface area contributed by atoms with E-state index in [9.17, 15) is 9.59 Å². The average molecular weight is 480 g/mol. The fourth-order valence-corrected chi connectivity index (χ4v) is 5.04. The van der Waals surface area contributed by atoms with Crippen molar-refractivity contribution in [2.45, 2.75) is 64.4 Å². The zero-order valence-corrected chi connectivity index (χ0v) is 20.9. The van der Waals surface area contributed by atoms with E-state index >= 15 is 0 Å². The number of unbranched alkanes of at least 4 members (excludes halogenated alkanes) is 2. The Bertz CT molecular complexity index is 1220. The Hall–Kier alpha value is -3.13. The SMILES string of the molecule is CCCCCSc1n[n+]2c(c(=O)[nH]1)-c1ccccc1N(C(C)=O)[C@@H]2c1ccc(OC(C)C)cc1. The summed E-state index contributed by atoms with van der Waals surface area (Å²) in [4.78, 5) is 30.9. The summed E-state index contributed by atoms with van der Waals surface area (Å²) in [6, 6.07) is 15.1. The molecule has 1 aromatic heterocycles. The van der Waals surface area contributed by atoms with Crippen LogP contribution in [0.5, 0.6) is 5.75 Å². The lowest BCUT2D eigenvalue weighted by Gasteiger charge is -2.31. The summed E-state index contributed by atoms with van der Waals surface area (Å²) < 4.78 is 7.50. The van der Waals surface area contributed by atoms with E-state index in [1.807, 2.05) is 62.4 Å². The molecule has 3 aromatic rings. The zero-order valence-electron chi connectivity index (χ0n) is 20.1. The summed E-state index contributed by atoms with van der Waals surface area (Å²) in [6.45, 7) is 7.66. The van der Waals surface area contributed by atoms with Gasteiger partial charge in [-0.25, -0.2) is 4.90 Å². The molecule has 1 aliphatic heterocycles. The number of nitrogens with one attached hydrogen (secondary N) is 1. The van der Waals surface area contributed by atoms with Crippen LogP contribution >= 0.6 is 11.8 Å². The summed E-state index contributed by atoms with van der Waals surface area (Å²) in [7, 11) is 0. The number of thioether (sulfide) groups is 1. The van der Waals surface area contributed by atoms with Gasteiger partial charge in [-0.05, 0) is 61.3 Å². The maximum atomic E-state index is 13.3. The predicted molar refractivity (Wildman–Crippen MR) is 134 cm³/mol. The van der Waals surface area contributed by atoms with Crippen molar-refractivity contribution in [3.8, 4) is 17.0 Å². The highest BCUT2D eigenvalue weighted by Crippen LogP contribution is 2.37. The molecule has 1 N–H and O–H groups in total. The number of carbonyl (C=O) groups is 1. The Labute approximate surface area is 204 Å². The summed E-state index contributed by atoms with van der Waals surface area (Å²) in [6.07, 6.45) is 2.78. The van der Waals surface area contributed by atoms with Crippen molar-refractivity contribution in [2.75, 3.05) is 10.7 Å². The molecule has 0 saturated heterocycles. The van der Waals surface area contributed by atoms with Crippen molar-refractivity contribution in [3.05, 3.63) is 64.4 Å². The van der Waals surface area contributed by atoms with Crippen molar-refractivity contribution in [3.63, 3.8) is 0 Å². The van der Waals surface area contributed by atoms with E-state index in [-0.39, 0.29) is 17.6 Å². The van der Waals surface area contributed by atoms with Crippen LogP contribution < -0.4 is 19.9 Å². The van der Waals surface area contributed by atoms with Crippen LogP contribution in [0.3, 0.4) is 0 Å². The smallest absolute Gasteiger partial charge is 0.325 e. The number of H-pyrrole nitrogens is 1. The van der Waals surface area contributed by atoms with Gasteiger partial charge in [0.15, 0.2) is 0 Å². The quantitative estimate of drug-likeness (QED) is 0.288. The summed E-state index contributed by atoms with van der Waals surface area (Å²) in [5.74, 6) is 1.49. The van der Waals surface area contributed by atoms with E-state index in [2.05, 4.69) is 11.9 Å². The summed E-state index contributed by atoms with van der Waals surface area (Å²) >= 11 is 1.53. The van der Waals surface area contributed by atoms with Crippen molar-refractivity contribution >= 4 is 23.4 Å². The number of rotatable bonds is 8. The van der Waals surface area contributed by atoms with Crippen LogP contribution in [0.2, 0.25) is 0 Å². The fraction of sp³-hybridized carbons (Fsp3) is 0.385. The molecule has 0 spiro atoms. The molecule has 34 heavy (non-hydrogen) atoms. The molecule has 7 nitrogen and oxygen atoms in total.